The van der Waals surface area contributed by atoms with Crippen LogP contribution in [0.15, 0.2) is 52.4 Å². The first-order chi connectivity index (χ1) is 14.0. The normalized spacial score (nSPS) is 12.1. The second kappa shape index (κ2) is 10.1. The maximum Gasteiger partial charge on any atom is 0.279 e. The van der Waals surface area contributed by atoms with E-state index in [0.29, 0.717) is 35.4 Å². The lowest BCUT2D eigenvalue weighted by Gasteiger charge is -2.07. The van der Waals surface area contributed by atoms with E-state index in [1.807, 2.05) is 54.0 Å². The summed E-state index contributed by atoms with van der Waals surface area (Å²) < 4.78 is 13.9. The summed E-state index contributed by atoms with van der Waals surface area (Å²) in [5, 5.41) is 0.454. The number of fused-ring (bicyclic) bond motifs is 1. The Kier molecular flexibility index (Phi) is 7.52. The summed E-state index contributed by atoms with van der Waals surface area (Å²) in [5.41, 5.74) is 1.62. The molecule has 154 valence electrons. The second-order valence-corrected chi connectivity index (χ2v) is 9.34. The van der Waals surface area contributed by atoms with Crippen molar-refractivity contribution in [2.24, 2.45) is 4.99 Å². The lowest BCUT2D eigenvalue weighted by atomic mass is 10.2. The van der Waals surface area contributed by atoms with Crippen LogP contribution in [-0.4, -0.2) is 36.0 Å². The van der Waals surface area contributed by atoms with Gasteiger partial charge in [-0.05, 0) is 43.3 Å². The molecule has 2 aromatic carbocycles. The van der Waals surface area contributed by atoms with Crippen molar-refractivity contribution in [3.8, 4) is 5.75 Å². The first-order valence-electron chi connectivity index (χ1n) is 9.62. The van der Waals surface area contributed by atoms with Crippen LogP contribution in [0.3, 0.4) is 0 Å². The predicted molar refractivity (Wildman–Crippen MR) is 120 cm³/mol. The third-order valence-corrected chi connectivity index (χ3v) is 6.24. The molecule has 29 heavy (non-hydrogen) atoms. The Morgan fingerprint density at radius 3 is 2.79 bits per heavy atom. The Bertz CT molecular complexity index is 1050. The summed E-state index contributed by atoms with van der Waals surface area (Å²) in [4.78, 5) is 19.1. The Balaban J connectivity index is 2.01. The van der Waals surface area contributed by atoms with Crippen molar-refractivity contribution in [3.05, 3.63) is 52.8 Å². The second-order valence-electron chi connectivity index (χ2n) is 6.68. The highest BCUT2D eigenvalue weighted by atomic mass is 32.2. The number of carbonyl (C=O) groups is 1. The Hall–Kier alpha value is -2.09. The highest BCUT2D eigenvalue weighted by molar-refractivity contribution is 7.99. The van der Waals surface area contributed by atoms with Crippen LogP contribution in [0.5, 0.6) is 5.75 Å². The molecule has 3 aromatic rings. The molecule has 0 atom stereocenters. The zero-order chi connectivity index (χ0) is 20.8. The minimum Gasteiger partial charge on any atom is -0.497 e. The molecule has 0 saturated heterocycles. The topological polar surface area (TPSA) is 52.8 Å². The molecule has 0 N–H and O–H groups in total. The summed E-state index contributed by atoms with van der Waals surface area (Å²) in [7, 11) is 1.65. The van der Waals surface area contributed by atoms with E-state index in [4.69, 9.17) is 9.47 Å². The largest absolute Gasteiger partial charge is 0.497 e. The van der Waals surface area contributed by atoms with Gasteiger partial charge in [-0.15, -0.1) is 11.8 Å². The van der Waals surface area contributed by atoms with Gasteiger partial charge in [-0.3, -0.25) is 4.79 Å². The monoisotopic (exact) mass is 430 g/mol. The van der Waals surface area contributed by atoms with Crippen LogP contribution < -0.4 is 9.54 Å². The van der Waals surface area contributed by atoms with Crippen molar-refractivity contribution < 1.29 is 14.3 Å². The maximum atomic E-state index is 12.9. The van der Waals surface area contributed by atoms with Crippen LogP contribution >= 0.6 is 23.1 Å². The summed E-state index contributed by atoms with van der Waals surface area (Å²) in [5.74, 6) is 0.548. The smallest absolute Gasteiger partial charge is 0.279 e. The number of hydrogen-bond acceptors (Lipinski definition) is 5. The van der Waals surface area contributed by atoms with Crippen molar-refractivity contribution in [1.82, 2.24) is 4.57 Å². The number of ether oxygens (including phenoxy) is 2. The van der Waals surface area contributed by atoms with E-state index >= 15 is 0 Å². The van der Waals surface area contributed by atoms with Gasteiger partial charge in [-0.1, -0.05) is 31.3 Å². The average molecular weight is 431 g/mol. The predicted octanol–water partition coefficient (Wildman–Crippen LogP) is 4.99. The fourth-order valence-corrected chi connectivity index (χ4v) is 4.89. The first-order valence-corrected chi connectivity index (χ1v) is 11.3. The molecule has 5 nitrogen and oxygen atoms in total. The number of benzene rings is 2. The lowest BCUT2D eigenvalue weighted by Crippen LogP contribution is -2.19. The number of thioether (sulfide) groups is 1. The van der Waals surface area contributed by atoms with Crippen molar-refractivity contribution in [1.29, 1.82) is 0 Å². The molecular formula is C22H26N2O3S2. The first kappa shape index (κ1) is 21.6. The van der Waals surface area contributed by atoms with E-state index in [-0.39, 0.29) is 5.91 Å². The fourth-order valence-electron chi connectivity index (χ4n) is 2.91. The number of hydrogen-bond donors (Lipinski definition) is 0. The molecule has 0 radical (unpaired) electrons. The van der Waals surface area contributed by atoms with Gasteiger partial charge in [0, 0.05) is 28.9 Å². The molecule has 0 aliphatic heterocycles. The molecule has 0 saturated carbocycles. The number of nitrogens with zero attached hydrogens (tertiary/aromatic N) is 2. The van der Waals surface area contributed by atoms with E-state index in [2.05, 4.69) is 18.8 Å². The number of aromatic nitrogens is 1. The van der Waals surface area contributed by atoms with Gasteiger partial charge in [0.05, 0.1) is 23.9 Å². The number of rotatable bonds is 8. The summed E-state index contributed by atoms with van der Waals surface area (Å²) in [6.45, 7) is 8.10. The van der Waals surface area contributed by atoms with Gasteiger partial charge in [0.25, 0.3) is 5.91 Å². The summed E-state index contributed by atoms with van der Waals surface area (Å²) in [6.07, 6.45) is 0. The Morgan fingerprint density at radius 2 is 2.07 bits per heavy atom. The van der Waals surface area contributed by atoms with Crippen LogP contribution in [0.4, 0.5) is 0 Å². The standard InChI is InChI=1S/C22H26N2O3S2/c1-5-27-12-11-24-19-10-9-17(26-4)14-20(19)29-22(24)23-21(25)16-7-6-8-18(13-16)28-15(2)3/h6-10,13-15H,5,11-12H2,1-4H3. The third-order valence-electron chi connectivity index (χ3n) is 4.20. The van der Waals surface area contributed by atoms with E-state index in [9.17, 15) is 4.79 Å². The molecule has 3 rings (SSSR count). The zero-order valence-corrected chi connectivity index (χ0v) is 18.8. The molecular weight excluding hydrogens is 404 g/mol. The minimum absolute atomic E-state index is 0.236. The third kappa shape index (κ3) is 5.50. The maximum absolute atomic E-state index is 12.9. The summed E-state index contributed by atoms with van der Waals surface area (Å²) >= 11 is 3.22. The van der Waals surface area contributed by atoms with Gasteiger partial charge in [0.2, 0.25) is 0 Å². The highest BCUT2D eigenvalue weighted by Crippen LogP contribution is 2.25. The molecule has 0 fully saturated rings. The van der Waals surface area contributed by atoms with Gasteiger partial charge >= 0.3 is 0 Å². The van der Waals surface area contributed by atoms with Crippen LogP contribution in [0.25, 0.3) is 10.2 Å². The van der Waals surface area contributed by atoms with E-state index < -0.39 is 0 Å². The molecule has 1 heterocycles. The average Bonchev–Trinajstić information content (AvgIpc) is 3.04. The van der Waals surface area contributed by atoms with Crippen molar-refractivity contribution in [2.45, 2.75) is 37.5 Å². The molecule has 0 spiro atoms. The van der Waals surface area contributed by atoms with Gasteiger partial charge in [0.1, 0.15) is 5.75 Å². The van der Waals surface area contributed by atoms with E-state index in [0.717, 1.165) is 20.9 Å². The van der Waals surface area contributed by atoms with E-state index in [1.165, 1.54) is 11.3 Å². The van der Waals surface area contributed by atoms with Gasteiger partial charge < -0.3 is 14.0 Å². The fraction of sp³-hybridized carbons (Fsp3) is 0.364. The van der Waals surface area contributed by atoms with Gasteiger partial charge in [0.15, 0.2) is 4.80 Å². The van der Waals surface area contributed by atoms with Crippen molar-refractivity contribution in [3.63, 3.8) is 0 Å². The van der Waals surface area contributed by atoms with Gasteiger partial charge in [-0.2, -0.15) is 4.99 Å². The number of methoxy groups -OCH3 is 1. The SMILES string of the molecule is CCOCCn1c(=NC(=O)c2cccc(SC(C)C)c2)sc2cc(OC)ccc21. The highest BCUT2D eigenvalue weighted by Gasteiger charge is 2.11. The van der Waals surface area contributed by atoms with E-state index in [1.54, 1.807) is 18.9 Å². The van der Waals surface area contributed by atoms with Crippen LogP contribution in [0.2, 0.25) is 0 Å². The van der Waals surface area contributed by atoms with Crippen LogP contribution in [-0.2, 0) is 11.3 Å². The van der Waals surface area contributed by atoms with Crippen LogP contribution in [0.1, 0.15) is 31.1 Å². The van der Waals surface area contributed by atoms with Gasteiger partial charge in [-0.25, -0.2) is 0 Å². The Morgan fingerprint density at radius 1 is 1.24 bits per heavy atom. The zero-order valence-electron chi connectivity index (χ0n) is 17.2. The van der Waals surface area contributed by atoms with Crippen LogP contribution in [0, 0.1) is 0 Å². The number of amides is 1. The molecule has 0 aliphatic carbocycles. The molecule has 1 aromatic heterocycles. The van der Waals surface area contributed by atoms with Crippen molar-refractivity contribution in [2.75, 3.05) is 20.3 Å². The molecule has 0 unspecified atom stereocenters. The Labute approximate surface area is 179 Å². The summed E-state index contributed by atoms with van der Waals surface area (Å²) in [6, 6.07) is 13.6. The molecule has 7 heteroatoms. The number of thiazole rings is 1. The lowest BCUT2D eigenvalue weighted by molar-refractivity contribution is 0.0996. The minimum atomic E-state index is -0.236. The number of carbonyl (C=O) groups excluding carboxylic acids is 1. The molecule has 1 amide bonds. The molecule has 0 aliphatic rings. The quantitative estimate of drug-likeness (QED) is 0.373. The molecule has 0 bridgehead atoms. The van der Waals surface area contributed by atoms with Crippen molar-refractivity contribution >= 4 is 39.2 Å².